The molecule has 1 rings (SSSR count). The molecule has 0 bridgehead atoms. The molecule has 1 aromatic rings. The normalized spacial score (nSPS) is 11.1. The van der Waals surface area contributed by atoms with Crippen LogP contribution in [0.3, 0.4) is 0 Å². The minimum atomic E-state index is -0.357. The van der Waals surface area contributed by atoms with E-state index >= 15 is 0 Å². The second-order valence-corrected chi connectivity index (χ2v) is 3.66. The van der Waals surface area contributed by atoms with Crippen molar-refractivity contribution in [1.29, 1.82) is 0 Å². The Morgan fingerprint density at radius 1 is 1.06 bits per heavy atom. The number of benzene rings is 1. The molecule has 0 aromatic heterocycles. The van der Waals surface area contributed by atoms with Crippen molar-refractivity contribution < 1.29 is 9.13 Å². The average molecular weight is 222 g/mol. The molecule has 0 N–H and O–H groups in total. The van der Waals surface area contributed by atoms with Crippen molar-refractivity contribution in [2.75, 3.05) is 13.3 Å². The fourth-order valence-corrected chi connectivity index (χ4v) is 1.41. The summed E-state index contributed by atoms with van der Waals surface area (Å²) in [6.07, 6.45) is 6.48. The van der Waals surface area contributed by atoms with Gasteiger partial charge in [0.2, 0.25) is 0 Å². The maximum absolute atomic E-state index is 11.7. The number of alkyl halides is 1. The fraction of sp³-hybridized carbons (Fsp3) is 0.429. The van der Waals surface area contributed by atoms with Crippen LogP contribution >= 0.6 is 0 Å². The number of rotatable bonds is 8. The Morgan fingerprint density at radius 3 is 2.62 bits per heavy atom. The largest absolute Gasteiger partial charge is 0.377 e. The van der Waals surface area contributed by atoms with E-state index in [2.05, 4.69) is 12.1 Å². The molecule has 0 saturated carbocycles. The Labute approximate surface area is 96.9 Å². The molecule has 0 fully saturated rings. The van der Waals surface area contributed by atoms with Gasteiger partial charge in [-0.2, -0.15) is 0 Å². The summed E-state index contributed by atoms with van der Waals surface area (Å²) in [4.78, 5) is 0. The number of unbranched alkanes of at least 4 members (excludes halogenated alkanes) is 2. The maximum Gasteiger partial charge on any atom is 0.108 e. The van der Waals surface area contributed by atoms with Crippen LogP contribution in [-0.2, 0) is 11.3 Å². The topological polar surface area (TPSA) is 9.23 Å². The van der Waals surface area contributed by atoms with Gasteiger partial charge >= 0.3 is 0 Å². The minimum absolute atomic E-state index is 0.357. The summed E-state index contributed by atoms with van der Waals surface area (Å²) in [5, 5.41) is 0. The van der Waals surface area contributed by atoms with E-state index in [-0.39, 0.29) is 6.67 Å². The quantitative estimate of drug-likeness (QED) is 0.479. The lowest BCUT2D eigenvalue weighted by Crippen LogP contribution is -1.95. The molecule has 88 valence electrons. The molecule has 0 aliphatic heterocycles. The van der Waals surface area contributed by atoms with E-state index in [0.717, 1.165) is 25.9 Å². The van der Waals surface area contributed by atoms with Gasteiger partial charge in [0, 0.05) is 6.61 Å². The molecular weight excluding hydrogens is 203 g/mol. The van der Waals surface area contributed by atoms with Crippen molar-refractivity contribution in [3.05, 3.63) is 48.0 Å². The van der Waals surface area contributed by atoms with Crippen LogP contribution in [0.25, 0.3) is 0 Å². The molecule has 0 saturated heterocycles. The van der Waals surface area contributed by atoms with E-state index < -0.39 is 0 Å². The lowest BCUT2D eigenvalue weighted by molar-refractivity contribution is 0.117. The van der Waals surface area contributed by atoms with Gasteiger partial charge in [-0.1, -0.05) is 42.5 Å². The third kappa shape index (κ3) is 6.36. The standard InChI is InChI=1S/C14H19FO/c15-11-7-2-1-3-8-12-16-13-14-9-5-4-6-10-14/h2,4-7,9-10H,1,3,8,11-13H2/b7-2+. The molecule has 2 heteroatoms. The van der Waals surface area contributed by atoms with Crippen molar-refractivity contribution in [2.45, 2.75) is 25.9 Å². The summed E-state index contributed by atoms with van der Waals surface area (Å²) in [5.74, 6) is 0. The van der Waals surface area contributed by atoms with Gasteiger partial charge in [-0.05, 0) is 24.8 Å². The van der Waals surface area contributed by atoms with E-state index in [1.54, 1.807) is 6.08 Å². The van der Waals surface area contributed by atoms with Crippen molar-refractivity contribution in [2.24, 2.45) is 0 Å². The van der Waals surface area contributed by atoms with Crippen molar-refractivity contribution in [1.82, 2.24) is 0 Å². The monoisotopic (exact) mass is 222 g/mol. The summed E-state index contributed by atoms with van der Waals surface area (Å²) in [7, 11) is 0. The van der Waals surface area contributed by atoms with E-state index in [0.29, 0.717) is 6.61 Å². The zero-order valence-electron chi connectivity index (χ0n) is 9.57. The highest BCUT2D eigenvalue weighted by molar-refractivity contribution is 5.13. The summed E-state index contributed by atoms with van der Waals surface area (Å²) in [6, 6.07) is 10.1. The average Bonchev–Trinajstić information content (AvgIpc) is 2.34. The Hall–Kier alpha value is -1.15. The first-order chi connectivity index (χ1) is 7.93. The lowest BCUT2D eigenvalue weighted by atomic mass is 10.2. The number of allylic oxidation sites excluding steroid dienone is 2. The third-order valence-electron chi connectivity index (χ3n) is 2.28. The SMILES string of the molecule is FC/C=C/CCCCOCc1ccccc1. The lowest BCUT2D eigenvalue weighted by Gasteiger charge is -2.03. The number of hydrogen-bond acceptors (Lipinski definition) is 1. The zero-order chi connectivity index (χ0) is 11.5. The zero-order valence-corrected chi connectivity index (χ0v) is 9.57. The molecule has 0 heterocycles. The first-order valence-corrected chi connectivity index (χ1v) is 5.76. The van der Waals surface area contributed by atoms with Crippen LogP contribution in [0.2, 0.25) is 0 Å². The van der Waals surface area contributed by atoms with Crippen LogP contribution in [0.5, 0.6) is 0 Å². The molecule has 0 amide bonds. The van der Waals surface area contributed by atoms with Gasteiger partial charge in [0.25, 0.3) is 0 Å². The molecule has 16 heavy (non-hydrogen) atoms. The number of hydrogen-bond donors (Lipinski definition) is 0. The minimum Gasteiger partial charge on any atom is -0.377 e. The Morgan fingerprint density at radius 2 is 1.88 bits per heavy atom. The molecule has 0 unspecified atom stereocenters. The van der Waals surface area contributed by atoms with Gasteiger partial charge < -0.3 is 4.74 Å². The van der Waals surface area contributed by atoms with Crippen LogP contribution in [-0.4, -0.2) is 13.3 Å². The van der Waals surface area contributed by atoms with E-state index in [4.69, 9.17) is 4.74 Å². The Kier molecular flexibility index (Phi) is 7.35. The number of halogens is 1. The predicted molar refractivity (Wildman–Crippen MR) is 65.1 cm³/mol. The van der Waals surface area contributed by atoms with Gasteiger partial charge in [0.15, 0.2) is 0 Å². The van der Waals surface area contributed by atoms with Crippen LogP contribution in [0.1, 0.15) is 24.8 Å². The molecule has 0 aliphatic rings. The summed E-state index contributed by atoms with van der Waals surface area (Å²) in [5.41, 5.74) is 1.21. The first-order valence-electron chi connectivity index (χ1n) is 5.76. The van der Waals surface area contributed by atoms with Crippen molar-refractivity contribution in [3.8, 4) is 0 Å². The van der Waals surface area contributed by atoms with Crippen LogP contribution < -0.4 is 0 Å². The highest BCUT2D eigenvalue weighted by Crippen LogP contribution is 2.02. The third-order valence-corrected chi connectivity index (χ3v) is 2.28. The van der Waals surface area contributed by atoms with Gasteiger partial charge in [-0.3, -0.25) is 0 Å². The van der Waals surface area contributed by atoms with Gasteiger partial charge in [-0.25, -0.2) is 4.39 Å². The predicted octanol–water partition coefficient (Wildman–Crippen LogP) is 3.90. The van der Waals surface area contributed by atoms with Crippen molar-refractivity contribution in [3.63, 3.8) is 0 Å². The molecule has 1 nitrogen and oxygen atoms in total. The van der Waals surface area contributed by atoms with Gasteiger partial charge in [-0.15, -0.1) is 0 Å². The first kappa shape index (κ1) is 12.9. The van der Waals surface area contributed by atoms with E-state index in [1.807, 2.05) is 24.3 Å². The molecule has 0 aliphatic carbocycles. The summed E-state index contributed by atoms with van der Waals surface area (Å²) < 4.78 is 17.2. The second kappa shape index (κ2) is 9.10. The van der Waals surface area contributed by atoms with Gasteiger partial charge in [0.1, 0.15) is 6.67 Å². The fourth-order valence-electron chi connectivity index (χ4n) is 1.41. The number of ether oxygens (including phenoxy) is 1. The smallest absolute Gasteiger partial charge is 0.108 e. The van der Waals surface area contributed by atoms with Crippen LogP contribution in [0, 0.1) is 0 Å². The van der Waals surface area contributed by atoms with E-state index in [9.17, 15) is 4.39 Å². The Balaban J connectivity index is 1.94. The maximum atomic E-state index is 11.7. The van der Waals surface area contributed by atoms with Crippen LogP contribution in [0.4, 0.5) is 4.39 Å². The van der Waals surface area contributed by atoms with E-state index in [1.165, 1.54) is 5.56 Å². The molecule has 1 aromatic carbocycles. The Bertz CT molecular complexity index is 282. The molecular formula is C14H19FO. The highest BCUT2D eigenvalue weighted by atomic mass is 19.1. The molecule has 0 atom stereocenters. The molecule has 0 radical (unpaired) electrons. The van der Waals surface area contributed by atoms with Gasteiger partial charge in [0.05, 0.1) is 6.61 Å². The molecule has 0 spiro atoms. The van der Waals surface area contributed by atoms with Crippen LogP contribution in [0.15, 0.2) is 42.5 Å². The highest BCUT2D eigenvalue weighted by Gasteiger charge is 1.91. The van der Waals surface area contributed by atoms with Crippen molar-refractivity contribution >= 4 is 0 Å². The summed E-state index contributed by atoms with van der Waals surface area (Å²) >= 11 is 0. The second-order valence-electron chi connectivity index (χ2n) is 3.66. The summed E-state index contributed by atoms with van der Waals surface area (Å²) in [6.45, 7) is 1.10.